The Morgan fingerprint density at radius 2 is 2.10 bits per heavy atom. The number of hydrogen-bond acceptors (Lipinski definition) is 6. The van der Waals surface area contributed by atoms with E-state index in [1.54, 1.807) is 27.4 Å². The van der Waals surface area contributed by atoms with Crippen molar-refractivity contribution in [3.05, 3.63) is 52.2 Å². The third-order valence-corrected chi connectivity index (χ3v) is 7.73. The monoisotopic (exact) mass is 437 g/mol. The summed E-state index contributed by atoms with van der Waals surface area (Å²) in [5, 5.41) is 9.36. The van der Waals surface area contributed by atoms with Gasteiger partial charge in [-0.15, -0.1) is 22.7 Å². The van der Waals surface area contributed by atoms with Gasteiger partial charge in [-0.2, -0.15) is 5.10 Å². The van der Waals surface area contributed by atoms with Gasteiger partial charge in [0, 0.05) is 42.3 Å². The maximum atomic E-state index is 13.0. The Morgan fingerprint density at radius 3 is 2.83 bits per heavy atom. The van der Waals surface area contributed by atoms with Crippen LogP contribution in [-0.2, 0) is 20.0 Å². The minimum Gasteiger partial charge on any atom is -0.312 e. The number of aromatic nitrogens is 3. The Morgan fingerprint density at radius 1 is 1.27 bits per heavy atom. The summed E-state index contributed by atoms with van der Waals surface area (Å²) < 4.78 is 2.84. The molecule has 0 aliphatic carbocycles. The van der Waals surface area contributed by atoms with Crippen LogP contribution in [-0.4, -0.2) is 38.7 Å². The zero-order valence-electron chi connectivity index (χ0n) is 17.2. The summed E-state index contributed by atoms with van der Waals surface area (Å²) in [6.07, 6.45) is 2.84. The minimum absolute atomic E-state index is 0.165. The molecule has 1 aliphatic rings. The molecule has 4 heterocycles. The van der Waals surface area contributed by atoms with E-state index in [0.717, 1.165) is 57.4 Å². The summed E-state index contributed by atoms with van der Waals surface area (Å²) >= 11 is 3.37. The van der Waals surface area contributed by atoms with Crippen molar-refractivity contribution in [3.63, 3.8) is 0 Å². The normalized spacial score (nSPS) is 14.2. The Bertz CT molecular complexity index is 1220. The second-order valence-electron chi connectivity index (χ2n) is 7.60. The van der Waals surface area contributed by atoms with Gasteiger partial charge in [-0.05, 0) is 37.6 Å². The number of carbonyl (C=O) groups excluding carboxylic acids is 1. The number of nitrogens with one attached hydrogen (secondary N) is 1. The zero-order chi connectivity index (χ0) is 20.8. The van der Waals surface area contributed by atoms with Crippen molar-refractivity contribution < 1.29 is 4.79 Å². The largest absolute Gasteiger partial charge is 0.312 e. The van der Waals surface area contributed by atoms with Crippen LogP contribution < -0.4 is 5.32 Å². The van der Waals surface area contributed by atoms with Gasteiger partial charge in [-0.1, -0.05) is 19.1 Å². The number of thiophene rings is 1. The highest BCUT2D eigenvalue weighted by Gasteiger charge is 2.28. The molecule has 0 radical (unpaired) electrons. The van der Waals surface area contributed by atoms with Gasteiger partial charge in [-0.25, -0.2) is 4.98 Å². The van der Waals surface area contributed by atoms with Gasteiger partial charge in [0.15, 0.2) is 5.69 Å². The van der Waals surface area contributed by atoms with E-state index < -0.39 is 0 Å². The van der Waals surface area contributed by atoms with Gasteiger partial charge in [0.1, 0.15) is 10.0 Å². The fourth-order valence-electron chi connectivity index (χ4n) is 4.01. The Kier molecular flexibility index (Phi) is 4.92. The van der Waals surface area contributed by atoms with Crippen molar-refractivity contribution >= 4 is 43.8 Å². The Hall–Kier alpha value is -2.55. The fraction of sp³-hybridized carbons (Fsp3) is 0.318. The molecule has 0 unspecified atom stereocenters. The lowest BCUT2D eigenvalue weighted by molar-refractivity contribution is 0.102. The highest BCUT2D eigenvalue weighted by Crippen LogP contribution is 2.45. The van der Waals surface area contributed by atoms with Crippen LogP contribution in [0, 0.1) is 6.92 Å². The molecule has 5 rings (SSSR count). The lowest BCUT2D eigenvalue weighted by atomic mass is 10.0. The van der Waals surface area contributed by atoms with Crippen molar-refractivity contribution in [3.8, 4) is 10.6 Å². The molecule has 0 atom stereocenters. The third-order valence-electron chi connectivity index (χ3n) is 5.54. The first-order valence-electron chi connectivity index (χ1n) is 10.1. The molecular weight excluding hydrogens is 414 g/mol. The molecule has 1 amide bonds. The predicted octanol–water partition coefficient (Wildman–Crippen LogP) is 4.70. The van der Waals surface area contributed by atoms with Crippen molar-refractivity contribution in [1.82, 2.24) is 19.7 Å². The molecule has 0 bridgehead atoms. The van der Waals surface area contributed by atoms with Crippen molar-refractivity contribution in [1.29, 1.82) is 0 Å². The van der Waals surface area contributed by atoms with Crippen molar-refractivity contribution in [2.45, 2.75) is 26.8 Å². The molecule has 4 aromatic rings. The van der Waals surface area contributed by atoms with Gasteiger partial charge < -0.3 is 5.32 Å². The maximum Gasteiger partial charge on any atom is 0.277 e. The lowest BCUT2D eigenvalue weighted by Crippen LogP contribution is -2.29. The number of nitrogens with zero attached hydrogens (tertiary/aromatic N) is 4. The molecule has 0 spiro atoms. The molecule has 1 aromatic carbocycles. The number of hydrogen-bond donors (Lipinski definition) is 1. The second kappa shape index (κ2) is 7.61. The van der Waals surface area contributed by atoms with Crippen LogP contribution in [0.25, 0.3) is 20.8 Å². The summed E-state index contributed by atoms with van der Waals surface area (Å²) in [7, 11) is 1.83. The van der Waals surface area contributed by atoms with Crippen LogP contribution in [0.2, 0.25) is 0 Å². The van der Waals surface area contributed by atoms with Crippen LogP contribution >= 0.6 is 22.7 Å². The van der Waals surface area contributed by atoms with Crippen LogP contribution in [0.3, 0.4) is 0 Å². The Balaban J connectivity index is 1.60. The first-order valence-corrected chi connectivity index (χ1v) is 11.7. The number of amides is 1. The highest BCUT2D eigenvalue weighted by atomic mass is 32.1. The molecule has 30 heavy (non-hydrogen) atoms. The molecule has 0 saturated carbocycles. The summed E-state index contributed by atoms with van der Waals surface area (Å²) in [6.45, 7) is 7.09. The van der Waals surface area contributed by atoms with Crippen LogP contribution in [0.5, 0.6) is 0 Å². The number of para-hydroxylation sites is 1. The molecule has 154 valence electrons. The van der Waals surface area contributed by atoms with E-state index in [0.29, 0.717) is 5.69 Å². The van der Waals surface area contributed by atoms with E-state index >= 15 is 0 Å². The number of carbonyl (C=O) groups is 1. The summed E-state index contributed by atoms with van der Waals surface area (Å²) in [5.41, 5.74) is 4.76. The molecule has 6 nitrogen and oxygen atoms in total. The van der Waals surface area contributed by atoms with Gasteiger partial charge in [-0.3, -0.25) is 14.4 Å². The molecule has 1 N–H and O–H groups in total. The van der Waals surface area contributed by atoms with Gasteiger partial charge in [0.2, 0.25) is 0 Å². The number of rotatable bonds is 4. The van der Waals surface area contributed by atoms with Crippen molar-refractivity contribution in [2.24, 2.45) is 7.05 Å². The van der Waals surface area contributed by atoms with Gasteiger partial charge in [0.25, 0.3) is 5.91 Å². The number of fused-ring (bicyclic) bond motifs is 2. The summed E-state index contributed by atoms with van der Waals surface area (Å²) in [6, 6.07) is 8.20. The van der Waals surface area contributed by atoms with E-state index in [1.165, 1.54) is 10.4 Å². The van der Waals surface area contributed by atoms with Crippen molar-refractivity contribution in [2.75, 3.05) is 18.4 Å². The standard InChI is InChI=1S/C22H23N5OS2/c1-4-27-10-9-14-17(12-27)30-22(24-20(28)19-13(2)11-26(3)25-19)18(14)21-23-15-7-5-6-8-16(15)29-21/h5-8,11H,4,9-10,12H2,1-3H3,(H,24,28). The zero-order valence-corrected chi connectivity index (χ0v) is 18.9. The number of aryl methyl sites for hydroxylation is 2. The quantitative estimate of drug-likeness (QED) is 0.503. The van der Waals surface area contributed by atoms with Gasteiger partial charge >= 0.3 is 0 Å². The smallest absolute Gasteiger partial charge is 0.277 e. The molecule has 0 fully saturated rings. The lowest BCUT2D eigenvalue weighted by Gasteiger charge is -2.25. The molecular formula is C22H23N5OS2. The molecule has 1 aliphatic heterocycles. The summed E-state index contributed by atoms with van der Waals surface area (Å²) in [5.74, 6) is -0.165. The van der Waals surface area contributed by atoms with E-state index in [1.807, 2.05) is 38.4 Å². The predicted molar refractivity (Wildman–Crippen MR) is 123 cm³/mol. The average Bonchev–Trinajstić information content (AvgIpc) is 3.40. The number of likely N-dealkylation sites (N-methyl/N-ethyl adjacent to an activating group) is 1. The van der Waals surface area contributed by atoms with E-state index in [-0.39, 0.29) is 5.91 Å². The van der Waals surface area contributed by atoms with Gasteiger partial charge in [0.05, 0.1) is 10.2 Å². The number of thiazole rings is 1. The first-order chi connectivity index (χ1) is 14.5. The fourth-order valence-corrected chi connectivity index (χ4v) is 6.41. The number of benzene rings is 1. The molecule has 3 aromatic heterocycles. The molecule has 8 heteroatoms. The highest BCUT2D eigenvalue weighted by molar-refractivity contribution is 7.22. The van der Waals surface area contributed by atoms with Crippen LogP contribution in [0.1, 0.15) is 33.4 Å². The van der Waals surface area contributed by atoms with E-state index in [9.17, 15) is 4.79 Å². The maximum absolute atomic E-state index is 13.0. The number of anilines is 1. The minimum atomic E-state index is -0.165. The SMILES string of the molecule is CCN1CCc2c(sc(NC(=O)c3nn(C)cc3C)c2-c2nc3ccccc3s2)C1. The summed E-state index contributed by atoms with van der Waals surface area (Å²) in [4.78, 5) is 21.7. The third kappa shape index (κ3) is 3.34. The Labute approximate surface area is 183 Å². The topological polar surface area (TPSA) is 63.1 Å². The first kappa shape index (κ1) is 19.4. The average molecular weight is 438 g/mol. The van der Waals surface area contributed by atoms with Crippen LogP contribution in [0.15, 0.2) is 30.5 Å². The van der Waals surface area contributed by atoms with Crippen LogP contribution in [0.4, 0.5) is 5.00 Å². The second-order valence-corrected chi connectivity index (χ2v) is 9.74. The van der Waals surface area contributed by atoms with E-state index in [4.69, 9.17) is 4.98 Å². The van der Waals surface area contributed by atoms with E-state index in [2.05, 4.69) is 28.3 Å². The molecule has 0 saturated heterocycles.